The van der Waals surface area contributed by atoms with Crippen LogP contribution in [0.2, 0.25) is 0 Å². The minimum Gasteiger partial charge on any atom is -0.353 e. The molecular formula is C21H34N6. The molecule has 0 aromatic rings. The van der Waals surface area contributed by atoms with Gasteiger partial charge < -0.3 is 14.7 Å². The fourth-order valence-corrected chi connectivity index (χ4v) is 4.74. The second kappa shape index (κ2) is 10.6. The Kier molecular flexibility index (Phi) is 7.93. The van der Waals surface area contributed by atoms with Crippen LogP contribution in [0.5, 0.6) is 0 Å². The van der Waals surface area contributed by atoms with Crippen LogP contribution in [0.15, 0.2) is 4.99 Å². The van der Waals surface area contributed by atoms with Gasteiger partial charge in [-0.05, 0) is 64.7 Å². The molecule has 0 aromatic carbocycles. The van der Waals surface area contributed by atoms with Crippen molar-refractivity contribution in [3.8, 4) is 6.07 Å². The fraction of sp³-hybridized carbons (Fsp3) is 0.857. The molecule has 0 N–H and O–H groups in total. The monoisotopic (exact) mass is 370 g/mol. The van der Waals surface area contributed by atoms with E-state index in [0.717, 1.165) is 51.4 Å². The molecule has 1 atom stereocenters. The largest absolute Gasteiger partial charge is 0.363 e. The Morgan fingerprint density at radius 2 is 1.63 bits per heavy atom. The first-order valence-electron chi connectivity index (χ1n) is 10.8. The summed E-state index contributed by atoms with van der Waals surface area (Å²) in [6, 6.07) is 2.08. The molecule has 0 amide bonds. The van der Waals surface area contributed by atoms with Crippen LogP contribution in [0.3, 0.4) is 0 Å². The molecule has 0 spiro atoms. The van der Waals surface area contributed by atoms with Gasteiger partial charge in [-0.25, -0.2) is 6.57 Å². The number of nitrogens with zero attached hydrogens (tertiary/aromatic N) is 6. The predicted molar refractivity (Wildman–Crippen MR) is 109 cm³/mol. The topological polar surface area (TPSA) is 50.2 Å². The van der Waals surface area contributed by atoms with Crippen molar-refractivity contribution < 1.29 is 0 Å². The quantitative estimate of drug-likeness (QED) is 0.424. The number of rotatable bonds is 5. The minimum atomic E-state index is -0.752. The Morgan fingerprint density at radius 1 is 1.00 bits per heavy atom. The molecule has 3 rings (SSSR count). The summed E-state index contributed by atoms with van der Waals surface area (Å²) < 4.78 is 0. The lowest BCUT2D eigenvalue weighted by Gasteiger charge is -2.40. The van der Waals surface area contributed by atoms with Crippen LogP contribution in [-0.2, 0) is 0 Å². The molecule has 0 aliphatic carbocycles. The van der Waals surface area contributed by atoms with Gasteiger partial charge in [0.25, 0.3) is 0 Å². The first-order chi connectivity index (χ1) is 13.3. The third-order valence-electron chi connectivity index (χ3n) is 6.33. The molecule has 3 saturated heterocycles. The molecule has 3 heterocycles. The first kappa shape index (κ1) is 20.1. The van der Waals surface area contributed by atoms with Crippen LogP contribution >= 0.6 is 0 Å². The predicted octanol–water partition coefficient (Wildman–Crippen LogP) is 2.63. The Morgan fingerprint density at radius 3 is 2.22 bits per heavy atom. The molecule has 0 bridgehead atoms. The van der Waals surface area contributed by atoms with Crippen LogP contribution in [0.25, 0.3) is 4.85 Å². The van der Waals surface area contributed by atoms with Gasteiger partial charge in [0.1, 0.15) is 0 Å². The zero-order valence-corrected chi connectivity index (χ0v) is 16.7. The van der Waals surface area contributed by atoms with Gasteiger partial charge in [-0.2, -0.15) is 5.26 Å². The van der Waals surface area contributed by atoms with Gasteiger partial charge in [0, 0.05) is 25.7 Å². The van der Waals surface area contributed by atoms with E-state index < -0.39 is 6.04 Å². The highest BCUT2D eigenvalue weighted by Crippen LogP contribution is 2.22. The van der Waals surface area contributed by atoms with Crippen molar-refractivity contribution in [2.45, 2.75) is 63.5 Å². The highest BCUT2D eigenvalue weighted by Gasteiger charge is 2.32. The Bertz CT molecular complexity index is 540. The molecule has 6 nitrogen and oxygen atoms in total. The molecule has 0 aromatic heterocycles. The van der Waals surface area contributed by atoms with E-state index in [1.807, 2.05) is 0 Å². The van der Waals surface area contributed by atoms with Crippen LogP contribution in [0.1, 0.15) is 51.4 Å². The summed E-state index contributed by atoms with van der Waals surface area (Å²) >= 11 is 0. The molecule has 148 valence electrons. The number of likely N-dealkylation sites (tertiary alicyclic amines) is 3. The number of hydrogen-bond acceptors (Lipinski definition) is 4. The van der Waals surface area contributed by atoms with Gasteiger partial charge in [-0.3, -0.25) is 9.84 Å². The lowest BCUT2D eigenvalue weighted by molar-refractivity contribution is 0.114. The number of nitriles is 1. The average Bonchev–Trinajstić information content (AvgIpc) is 2.75. The summed E-state index contributed by atoms with van der Waals surface area (Å²) in [4.78, 5) is 15.7. The summed E-state index contributed by atoms with van der Waals surface area (Å²) in [6.45, 7) is 15.7. The molecule has 6 heteroatoms. The fourth-order valence-electron chi connectivity index (χ4n) is 4.74. The smallest absolute Gasteiger partial charge is 0.353 e. The number of hydrogen-bond donors (Lipinski definition) is 0. The van der Waals surface area contributed by atoms with Crippen LogP contribution < -0.4 is 0 Å². The van der Waals surface area contributed by atoms with E-state index >= 15 is 0 Å². The van der Waals surface area contributed by atoms with Crippen LogP contribution in [0.4, 0.5) is 0 Å². The van der Waals surface area contributed by atoms with Crippen molar-refractivity contribution in [2.24, 2.45) is 4.99 Å². The molecule has 0 radical (unpaired) electrons. The third-order valence-corrected chi connectivity index (χ3v) is 6.33. The van der Waals surface area contributed by atoms with Crippen molar-refractivity contribution >= 4 is 5.84 Å². The molecule has 3 aliphatic rings. The van der Waals surface area contributed by atoms with Gasteiger partial charge in [0.05, 0.1) is 6.54 Å². The van der Waals surface area contributed by atoms with Gasteiger partial charge in [0.2, 0.25) is 0 Å². The number of piperidine rings is 3. The van der Waals surface area contributed by atoms with E-state index in [9.17, 15) is 5.26 Å². The van der Waals surface area contributed by atoms with E-state index in [1.165, 1.54) is 51.6 Å². The molecule has 3 aliphatic heterocycles. The van der Waals surface area contributed by atoms with Crippen molar-refractivity contribution in [3.63, 3.8) is 0 Å². The number of aliphatic imine (C=N–C) groups is 1. The van der Waals surface area contributed by atoms with Crippen molar-refractivity contribution in [1.29, 1.82) is 5.26 Å². The molecule has 1 unspecified atom stereocenters. The molecule has 27 heavy (non-hydrogen) atoms. The summed E-state index contributed by atoms with van der Waals surface area (Å²) in [5, 5.41) is 9.44. The standard InChI is InChI=1S/C21H34N6/c1-23-20(18-22)21(24-10-17-25-11-4-2-5-12-25)27-15-8-19(9-16-27)26-13-6-3-7-14-26/h19-20H,2-17H2. The van der Waals surface area contributed by atoms with Crippen molar-refractivity contribution in [2.75, 3.05) is 52.4 Å². The second-order valence-electron chi connectivity index (χ2n) is 8.12. The Hall–Kier alpha value is -1.63. The minimum absolute atomic E-state index is 0.671. The van der Waals surface area contributed by atoms with E-state index in [-0.39, 0.29) is 0 Å². The van der Waals surface area contributed by atoms with Gasteiger partial charge in [-0.15, -0.1) is 0 Å². The third kappa shape index (κ3) is 5.67. The normalized spacial score (nSPS) is 25.0. The van der Waals surface area contributed by atoms with E-state index in [0.29, 0.717) is 12.6 Å². The zero-order valence-electron chi connectivity index (χ0n) is 16.7. The first-order valence-corrected chi connectivity index (χ1v) is 10.8. The molecule has 3 fully saturated rings. The van der Waals surface area contributed by atoms with E-state index in [2.05, 4.69) is 25.6 Å². The summed E-state index contributed by atoms with van der Waals surface area (Å²) in [6.07, 6.45) is 10.2. The van der Waals surface area contributed by atoms with Gasteiger partial charge in [-0.1, -0.05) is 12.8 Å². The van der Waals surface area contributed by atoms with Crippen molar-refractivity contribution in [3.05, 3.63) is 11.4 Å². The lowest BCUT2D eigenvalue weighted by atomic mass is 9.99. The zero-order chi connectivity index (χ0) is 18.9. The van der Waals surface area contributed by atoms with Crippen molar-refractivity contribution in [1.82, 2.24) is 14.7 Å². The second-order valence-corrected chi connectivity index (χ2v) is 8.12. The Labute approximate surface area is 164 Å². The maximum atomic E-state index is 9.44. The summed E-state index contributed by atoms with van der Waals surface area (Å²) in [5.74, 6) is 0.724. The van der Waals surface area contributed by atoms with Gasteiger partial charge in [0.15, 0.2) is 11.9 Å². The maximum Gasteiger partial charge on any atom is 0.363 e. The van der Waals surface area contributed by atoms with Crippen LogP contribution in [0, 0.1) is 17.9 Å². The summed E-state index contributed by atoms with van der Waals surface area (Å²) in [5.41, 5.74) is 0. The number of amidine groups is 1. The summed E-state index contributed by atoms with van der Waals surface area (Å²) in [7, 11) is 0. The van der Waals surface area contributed by atoms with Gasteiger partial charge >= 0.3 is 6.04 Å². The van der Waals surface area contributed by atoms with E-state index in [4.69, 9.17) is 11.6 Å². The maximum absolute atomic E-state index is 9.44. The average molecular weight is 371 g/mol. The lowest BCUT2D eigenvalue weighted by Crippen LogP contribution is -2.50. The SMILES string of the molecule is [C-]#[N+]C(C#N)C(=NCCN1CCCCC1)N1CCC(N2CCCCC2)CC1. The highest BCUT2D eigenvalue weighted by atomic mass is 15.2. The Balaban J connectivity index is 1.55. The van der Waals surface area contributed by atoms with Crippen LogP contribution in [-0.4, -0.2) is 85.0 Å². The molecular weight excluding hydrogens is 336 g/mol. The highest BCUT2D eigenvalue weighted by molar-refractivity contribution is 5.91. The van der Waals surface area contributed by atoms with E-state index in [1.54, 1.807) is 0 Å². The molecule has 0 saturated carbocycles.